The molecule has 1 aromatic rings. The van der Waals surface area contributed by atoms with Gasteiger partial charge in [0, 0.05) is 21.4 Å². The lowest BCUT2D eigenvalue weighted by Crippen LogP contribution is -2.51. The Hall–Kier alpha value is -0.630. The number of rotatable bonds is 6. The van der Waals surface area contributed by atoms with Crippen molar-refractivity contribution >= 4 is 33.3 Å². The molecule has 0 aliphatic carbocycles. The summed E-state index contributed by atoms with van der Waals surface area (Å²) in [5, 5.41) is 0. The molecule has 7 heteroatoms. The number of carbonyl (C=O) groups excluding carboxylic acids is 1. The third kappa shape index (κ3) is 5.74. The van der Waals surface area contributed by atoms with Gasteiger partial charge in [0.2, 0.25) is 0 Å². The summed E-state index contributed by atoms with van der Waals surface area (Å²) in [5.41, 5.74) is -0.893. The van der Waals surface area contributed by atoms with Crippen LogP contribution in [0, 0.1) is 5.82 Å². The zero-order chi connectivity index (χ0) is 17.8. The van der Waals surface area contributed by atoms with Gasteiger partial charge >= 0.3 is 5.97 Å². The van der Waals surface area contributed by atoms with Crippen molar-refractivity contribution in [2.45, 2.75) is 51.3 Å². The fourth-order valence-electron chi connectivity index (χ4n) is 1.97. The molecule has 0 fully saturated rings. The fourth-order valence-corrected chi connectivity index (χ4v) is 3.22. The third-order valence-corrected chi connectivity index (χ3v) is 5.44. The zero-order valence-corrected chi connectivity index (χ0v) is 16.4. The monoisotopic (exact) mass is 407 g/mol. The van der Waals surface area contributed by atoms with E-state index >= 15 is 0 Å². The van der Waals surface area contributed by atoms with Crippen molar-refractivity contribution in [3.8, 4) is 0 Å². The molecule has 0 saturated heterocycles. The van der Waals surface area contributed by atoms with Gasteiger partial charge < -0.3 is 9.29 Å². The van der Waals surface area contributed by atoms with Crippen molar-refractivity contribution in [1.82, 2.24) is 4.72 Å². The molecule has 0 bridgehead atoms. The molecule has 2 atom stereocenters. The second-order valence-corrected chi connectivity index (χ2v) is 9.30. The van der Waals surface area contributed by atoms with E-state index < -0.39 is 33.4 Å². The largest absolute Gasteiger partial charge is 0.598 e. The highest BCUT2D eigenvalue weighted by atomic mass is 79.9. The maximum atomic E-state index is 14.3. The predicted octanol–water partition coefficient (Wildman–Crippen LogP) is 3.81. The van der Waals surface area contributed by atoms with Gasteiger partial charge in [0.05, 0.1) is 18.6 Å². The van der Waals surface area contributed by atoms with Crippen molar-refractivity contribution in [3.63, 3.8) is 0 Å². The van der Waals surface area contributed by atoms with E-state index in [1.807, 2.05) is 0 Å². The van der Waals surface area contributed by atoms with Crippen LogP contribution in [-0.2, 0) is 26.4 Å². The van der Waals surface area contributed by atoms with Crippen molar-refractivity contribution in [2.75, 3.05) is 6.61 Å². The Labute approximate surface area is 148 Å². The second kappa shape index (κ2) is 7.96. The molecular weight excluding hydrogens is 385 g/mol. The average molecular weight is 408 g/mol. The lowest BCUT2D eigenvalue weighted by molar-refractivity contribution is -0.144. The standard InChI is InChI=1S/C16H23BrFNO3S/c1-6-22-14(20)10-16(5,19-23(21)15(2,3)4)12-9-11(17)7-8-13(12)18/h7-9,19H,6,10H2,1-5H3/t16-,23+/m0/s1. The molecule has 23 heavy (non-hydrogen) atoms. The summed E-state index contributed by atoms with van der Waals surface area (Å²) in [6.07, 6.45) is -0.129. The SMILES string of the molecule is CCOC(=O)C[C@](C)(N[S@+]([O-])C(C)(C)C)c1cc(Br)ccc1F. The van der Waals surface area contributed by atoms with Crippen molar-refractivity contribution in [2.24, 2.45) is 0 Å². The number of nitrogens with one attached hydrogen (secondary N) is 1. The van der Waals surface area contributed by atoms with Crippen LogP contribution in [0.5, 0.6) is 0 Å². The van der Waals surface area contributed by atoms with Gasteiger partial charge in [0.25, 0.3) is 0 Å². The maximum absolute atomic E-state index is 14.3. The molecule has 0 unspecified atom stereocenters. The van der Waals surface area contributed by atoms with Crippen LogP contribution in [0.1, 0.15) is 46.6 Å². The molecule has 130 valence electrons. The summed E-state index contributed by atoms with van der Waals surface area (Å²) in [6.45, 7) is 9.00. The molecule has 0 aliphatic heterocycles. The van der Waals surface area contributed by atoms with E-state index in [0.29, 0.717) is 4.47 Å². The van der Waals surface area contributed by atoms with Gasteiger partial charge in [-0.2, -0.15) is 0 Å². The Morgan fingerprint density at radius 1 is 1.39 bits per heavy atom. The van der Waals surface area contributed by atoms with Crippen molar-refractivity contribution in [1.29, 1.82) is 0 Å². The van der Waals surface area contributed by atoms with Gasteiger partial charge in [-0.15, -0.1) is 4.72 Å². The first-order valence-electron chi connectivity index (χ1n) is 7.30. The minimum atomic E-state index is -1.48. The average Bonchev–Trinajstić information content (AvgIpc) is 2.40. The van der Waals surface area contributed by atoms with Crippen LogP contribution in [0.4, 0.5) is 4.39 Å². The zero-order valence-electron chi connectivity index (χ0n) is 14.0. The maximum Gasteiger partial charge on any atom is 0.308 e. The van der Waals surface area contributed by atoms with E-state index in [9.17, 15) is 13.7 Å². The molecule has 1 N–H and O–H groups in total. The summed E-state index contributed by atoms with van der Waals surface area (Å²) in [5.74, 6) is -0.953. The molecule has 0 radical (unpaired) electrons. The summed E-state index contributed by atoms with van der Waals surface area (Å²) >= 11 is 1.82. The highest BCUT2D eigenvalue weighted by Crippen LogP contribution is 2.32. The van der Waals surface area contributed by atoms with Gasteiger partial charge in [0.1, 0.15) is 10.6 Å². The van der Waals surface area contributed by atoms with Crippen LogP contribution in [0.3, 0.4) is 0 Å². The molecule has 1 aromatic carbocycles. The number of halogens is 2. The van der Waals surface area contributed by atoms with E-state index in [-0.39, 0.29) is 18.6 Å². The molecule has 4 nitrogen and oxygen atoms in total. The van der Waals surface area contributed by atoms with Crippen LogP contribution in [0.25, 0.3) is 0 Å². The minimum absolute atomic E-state index is 0.129. The smallest absolute Gasteiger partial charge is 0.308 e. The molecule has 0 heterocycles. The summed E-state index contributed by atoms with van der Waals surface area (Å²) in [7, 11) is 0. The van der Waals surface area contributed by atoms with Gasteiger partial charge in [-0.25, -0.2) is 4.39 Å². The lowest BCUT2D eigenvalue weighted by Gasteiger charge is -2.34. The predicted molar refractivity (Wildman–Crippen MR) is 93.7 cm³/mol. The number of ether oxygens (including phenoxy) is 1. The first-order chi connectivity index (χ1) is 10.5. The topological polar surface area (TPSA) is 61.4 Å². The highest BCUT2D eigenvalue weighted by molar-refractivity contribution is 9.10. The summed E-state index contributed by atoms with van der Waals surface area (Å²) in [4.78, 5) is 12.0. The molecular formula is C16H23BrFNO3S. The molecule has 1 rings (SSSR count). The van der Waals surface area contributed by atoms with Crippen LogP contribution in [-0.4, -0.2) is 21.9 Å². The number of hydrogen-bond acceptors (Lipinski definition) is 4. The Morgan fingerprint density at radius 2 is 2.00 bits per heavy atom. The Bertz CT molecular complexity index is 565. The summed E-state index contributed by atoms with van der Waals surface area (Å²) < 4.78 is 34.9. The molecule has 0 aliphatic rings. The second-order valence-electron chi connectivity index (χ2n) is 6.42. The number of carbonyl (C=O) groups is 1. The summed E-state index contributed by atoms with van der Waals surface area (Å²) in [6, 6.07) is 4.47. The third-order valence-electron chi connectivity index (χ3n) is 3.20. The first-order valence-corrected chi connectivity index (χ1v) is 9.24. The molecule has 0 saturated carbocycles. The van der Waals surface area contributed by atoms with Crippen LogP contribution >= 0.6 is 15.9 Å². The van der Waals surface area contributed by atoms with Crippen LogP contribution < -0.4 is 4.72 Å². The quantitative estimate of drug-likeness (QED) is 0.575. The van der Waals surface area contributed by atoms with E-state index in [2.05, 4.69) is 20.7 Å². The van der Waals surface area contributed by atoms with E-state index in [1.165, 1.54) is 6.07 Å². The normalized spacial score (nSPS) is 15.8. The van der Waals surface area contributed by atoms with E-state index in [4.69, 9.17) is 4.74 Å². The Morgan fingerprint density at radius 3 is 2.52 bits per heavy atom. The molecule has 0 spiro atoms. The number of hydrogen-bond donors (Lipinski definition) is 1. The van der Waals surface area contributed by atoms with E-state index in [1.54, 1.807) is 46.8 Å². The Kier molecular flexibility index (Phi) is 7.07. The fraction of sp³-hybridized carbons (Fsp3) is 0.562. The first kappa shape index (κ1) is 20.4. The van der Waals surface area contributed by atoms with Gasteiger partial charge in [-0.05, 0) is 52.8 Å². The van der Waals surface area contributed by atoms with Gasteiger partial charge in [0.15, 0.2) is 0 Å². The van der Waals surface area contributed by atoms with Crippen molar-refractivity contribution in [3.05, 3.63) is 34.1 Å². The van der Waals surface area contributed by atoms with Gasteiger partial charge in [-0.1, -0.05) is 15.9 Å². The number of benzene rings is 1. The van der Waals surface area contributed by atoms with E-state index in [0.717, 1.165) is 0 Å². The van der Waals surface area contributed by atoms with Gasteiger partial charge in [-0.3, -0.25) is 4.79 Å². The molecule has 0 aromatic heterocycles. The molecule has 0 amide bonds. The number of esters is 1. The Balaban J connectivity index is 3.24. The van der Waals surface area contributed by atoms with Crippen LogP contribution in [0.15, 0.2) is 22.7 Å². The van der Waals surface area contributed by atoms with Crippen molar-refractivity contribution < 1.29 is 18.5 Å². The highest BCUT2D eigenvalue weighted by Gasteiger charge is 2.40. The minimum Gasteiger partial charge on any atom is -0.598 e. The lowest BCUT2D eigenvalue weighted by atomic mass is 9.89. The van der Waals surface area contributed by atoms with Crippen LogP contribution in [0.2, 0.25) is 0 Å².